The number of hydrogen-bond acceptors (Lipinski definition) is 3. The predicted molar refractivity (Wildman–Crippen MR) is 85.5 cm³/mol. The molecule has 3 aliphatic carbocycles. The Kier molecular flexibility index (Phi) is 5.58. The van der Waals surface area contributed by atoms with Gasteiger partial charge in [-0.1, -0.05) is 32.1 Å². The van der Waals surface area contributed by atoms with E-state index in [9.17, 15) is 0 Å². The number of nitrogens with one attached hydrogen (secondary N) is 1. The maximum Gasteiger partial charge on any atom is 0.0661 e. The molecule has 0 heterocycles. The summed E-state index contributed by atoms with van der Waals surface area (Å²) < 4.78 is 12.0. The highest BCUT2D eigenvalue weighted by molar-refractivity contribution is 5.09. The van der Waals surface area contributed by atoms with Crippen molar-refractivity contribution in [3.63, 3.8) is 0 Å². The SMILES string of the molecule is CCOC1CC(NCCOC2CCCCC2)C12CCCC2. The Morgan fingerprint density at radius 2 is 1.76 bits per heavy atom. The van der Waals surface area contributed by atoms with Crippen LogP contribution in [0.5, 0.6) is 0 Å². The molecule has 3 nitrogen and oxygen atoms in total. The van der Waals surface area contributed by atoms with Crippen LogP contribution in [0.4, 0.5) is 0 Å². The molecule has 2 atom stereocenters. The molecule has 0 radical (unpaired) electrons. The van der Waals surface area contributed by atoms with Crippen LogP contribution in [0.1, 0.15) is 71.1 Å². The second kappa shape index (κ2) is 7.43. The van der Waals surface area contributed by atoms with Crippen molar-refractivity contribution in [2.45, 2.75) is 89.4 Å². The second-order valence-electron chi connectivity index (χ2n) is 7.26. The molecular formula is C18H33NO2. The summed E-state index contributed by atoms with van der Waals surface area (Å²) in [5.74, 6) is 0. The number of hydrogen-bond donors (Lipinski definition) is 1. The molecule has 122 valence electrons. The van der Waals surface area contributed by atoms with E-state index in [4.69, 9.17) is 9.47 Å². The van der Waals surface area contributed by atoms with E-state index >= 15 is 0 Å². The summed E-state index contributed by atoms with van der Waals surface area (Å²) in [4.78, 5) is 0. The van der Waals surface area contributed by atoms with E-state index in [0.29, 0.717) is 23.7 Å². The van der Waals surface area contributed by atoms with E-state index in [0.717, 1.165) is 19.8 Å². The van der Waals surface area contributed by atoms with Gasteiger partial charge in [-0.05, 0) is 39.0 Å². The summed E-state index contributed by atoms with van der Waals surface area (Å²) in [6.07, 6.45) is 14.4. The first-order chi connectivity index (χ1) is 10.3. The third-order valence-corrected chi connectivity index (χ3v) is 6.09. The monoisotopic (exact) mass is 295 g/mol. The fourth-order valence-corrected chi connectivity index (χ4v) is 4.86. The van der Waals surface area contributed by atoms with Gasteiger partial charge in [0, 0.05) is 24.6 Å². The minimum Gasteiger partial charge on any atom is -0.378 e. The van der Waals surface area contributed by atoms with Gasteiger partial charge in [-0.2, -0.15) is 0 Å². The predicted octanol–water partition coefficient (Wildman–Crippen LogP) is 3.66. The Balaban J connectivity index is 1.37. The molecule has 0 amide bonds. The van der Waals surface area contributed by atoms with E-state index in [2.05, 4.69) is 12.2 Å². The molecule has 2 unspecified atom stereocenters. The summed E-state index contributed by atoms with van der Waals surface area (Å²) in [6, 6.07) is 0.673. The Morgan fingerprint density at radius 3 is 2.48 bits per heavy atom. The first-order valence-corrected chi connectivity index (χ1v) is 9.32. The number of rotatable bonds is 7. The van der Waals surface area contributed by atoms with Crippen LogP contribution in [0, 0.1) is 5.41 Å². The molecule has 3 aliphatic rings. The fourth-order valence-electron chi connectivity index (χ4n) is 4.86. The van der Waals surface area contributed by atoms with Gasteiger partial charge in [0.15, 0.2) is 0 Å². The highest BCUT2D eigenvalue weighted by Crippen LogP contribution is 2.54. The van der Waals surface area contributed by atoms with Crippen LogP contribution >= 0.6 is 0 Å². The topological polar surface area (TPSA) is 30.5 Å². The third kappa shape index (κ3) is 3.46. The van der Waals surface area contributed by atoms with E-state index in [1.165, 1.54) is 64.2 Å². The Bertz CT molecular complexity index is 308. The minimum atomic E-state index is 0.459. The minimum absolute atomic E-state index is 0.459. The highest BCUT2D eigenvalue weighted by atomic mass is 16.5. The van der Waals surface area contributed by atoms with Crippen LogP contribution in [-0.4, -0.2) is 38.0 Å². The van der Waals surface area contributed by atoms with Crippen LogP contribution in [0.15, 0.2) is 0 Å². The lowest BCUT2D eigenvalue weighted by Crippen LogP contribution is -2.63. The second-order valence-corrected chi connectivity index (χ2v) is 7.26. The molecule has 3 heteroatoms. The molecule has 0 aromatic heterocycles. The zero-order chi connectivity index (χ0) is 14.5. The number of ether oxygens (including phenoxy) is 2. The van der Waals surface area contributed by atoms with Crippen LogP contribution in [0.25, 0.3) is 0 Å². The smallest absolute Gasteiger partial charge is 0.0661 e. The average molecular weight is 295 g/mol. The largest absolute Gasteiger partial charge is 0.378 e. The summed E-state index contributed by atoms with van der Waals surface area (Å²) >= 11 is 0. The summed E-state index contributed by atoms with van der Waals surface area (Å²) in [6.45, 7) is 4.89. The van der Waals surface area contributed by atoms with E-state index in [-0.39, 0.29) is 0 Å². The van der Waals surface area contributed by atoms with E-state index in [1.807, 2.05) is 0 Å². The zero-order valence-electron chi connectivity index (χ0n) is 13.7. The Hall–Kier alpha value is -0.120. The van der Waals surface area contributed by atoms with Gasteiger partial charge in [0.25, 0.3) is 0 Å². The van der Waals surface area contributed by atoms with Crippen molar-refractivity contribution >= 4 is 0 Å². The lowest BCUT2D eigenvalue weighted by Gasteiger charge is -2.54. The maximum absolute atomic E-state index is 6.03. The maximum atomic E-state index is 6.03. The van der Waals surface area contributed by atoms with Crippen molar-refractivity contribution in [3.05, 3.63) is 0 Å². The van der Waals surface area contributed by atoms with Crippen molar-refractivity contribution in [3.8, 4) is 0 Å². The van der Waals surface area contributed by atoms with E-state index < -0.39 is 0 Å². The molecule has 21 heavy (non-hydrogen) atoms. The Morgan fingerprint density at radius 1 is 1.00 bits per heavy atom. The van der Waals surface area contributed by atoms with Gasteiger partial charge in [-0.15, -0.1) is 0 Å². The zero-order valence-corrected chi connectivity index (χ0v) is 13.7. The quantitative estimate of drug-likeness (QED) is 0.727. The van der Waals surface area contributed by atoms with Crippen molar-refractivity contribution in [2.24, 2.45) is 5.41 Å². The first kappa shape index (κ1) is 15.8. The molecule has 1 spiro atoms. The van der Waals surface area contributed by atoms with Crippen molar-refractivity contribution in [2.75, 3.05) is 19.8 Å². The van der Waals surface area contributed by atoms with Gasteiger partial charge >= 0.3 is 0 Å². The van der Waals surface area contributed by atoms with Crippen LogP contribution in [0.2, 0.25) is 0 Å². The molecule has 0 bridgehead atoms. The normalized spacial score (nSPS) is 32.4. The lowest BCUT2D eigenvalue weighted by molar-refractivity contribution is -0.131. The van der Waals surface area contributed by atoms with Crippen LogP contribution in [-0.2, 0) is 9.47 Å². The van der Waals surface area contributed by atoms with Crippen LogP contribution < -0.4 is 5.32 Å². The van der Waals surface area contributed by atoms with Gasteiger partial charge in [-0.25, -0.2) is 0 Å². The molecule has 3 rings (SSSR count). The summed E-state index contributed by atoms with van der Waals surface area (Å²) in [5.41, 5.74) is 0.459. The van der Waals surface area contributed by atoms with Crippen molar-refractivity contribution in [1.82, 2.24) is 5.32 Å². The molecule has 0 aliphatic heterocycles. The molecule has 0 aromatic rings. The summed E-state index contributed by atoms with van der Waals surface area (Å²) in [7, 11) is 0. The Labute approximate surface area is 130 Å². The lowest BCUT2D eigenvalue weighted by atomic mass is 9.60. The molecule has 3 saturated carbocycles. The van der Waals surface area contributed by atoms with Crippen LogP contribution in [0.3, 0.4) is 0 Å². The van der Waals surface area contributed by atoms with E-state index in [1.54, 1.807) is 0 Å². The highest BCUT2D eigenvalue weighted by Gasteiger charge is 2.56. The molecule has 3 fully saturated rings. The molecule has 1 N–H and O–H groups in total. The van der Waals surface area contributed by atoms with Gasteiger partial charge in [0.1, 0.15) is 0 Å². The molecular weight excluding hydrogens is 262 g/mol. The average Bonchev–Trinajstić information content (AvgIpc) is 3.03. The first-order valence-electron chi connectivity index (χ1n) is 9.32. The van der Waals surface area contributed by atoms with Gasteiger partial charge in [0.05, 0.1) is 18.8 Å². The van der Waals surface area contributed by atoms with Gasteiger partial charge < -0.3 is 14.8 Å². The van der Waals surface area contributed by atoms with Crippen molar-refractivity contribution in [1.29, 1.82) is 0 Å². The molecule has 0 saturated heterocycles. The third-order valence-electron chi connectivity index (χ3n) is 6.09. The molecule has 0 aromatic carbocycles. The standard InChI is InChI=1S/C18H33NO2/c1-2-20-17-14-16(18(17)10-6-7-11-18)19-12-13-21-15-8-4-3-5-9-15/h15-17,19H,2-14H2,1H3. The summed E-state index contributed by atoms with van der Waals surface area (Å²) in [5, 5.41) is 3.77. The fraction of sp³-hybridized carbons (Fsp3) is 1.00. The van der Waals surface area contributed by atoms with Gasteiger partial charge in [-0.3, -0.25) is 0 Å². The van der Waals surface area contributed by atoms with Gasteiger partial charge in [0.2, 0.25) is 0 Å². The van der Waals surface area contributed by atoms with Crippen molar-refractivity contribution < 1.29 is 9.47 Å².